The van der Waals surface area contributed by atoms with Gasteiger partial charge in [-0.3, -0.25) is 20.3 Å². The number of carbonyl (C=O) groups excluding carboxylic acids is 2. The highest BCUT2D eigenvalue weighted by Crippen LogP contribution is 2.27. The first-order valence-electron chi connectivity index (χ1n) is 12.9. The van der Waals surface area contributed by atoms with Crippen molar-refractivity contribution in [2.45, 2.75) is 38.5 Å². The number of nitrogens with one attached hydrogen (secondary N) is 3. The van der Waals surface area contributed by atoms with Crippen molar-refractivity contribution in [3.63, 3.8) is 0 Å². The Morgan fingerprint density at radius 2 is 1.95 bits per heavy atom. The minimum Gasteiger partial charge on any atom is -0.464 e. The lowest BCUT2D eigenvalue weighted by Gasteiger charge is -2.30. The molecule has 202 valence electrons. The monoisotopic (exact) mass is 585 g/mol. The van der Waals surface area contributed by atoms with E-state index in [9.17, 15) is 14.0 Å². The van der Waals surface area contributed by atoms with E-state index in [1.807, 2.05) is 18.2 Å². The molecule has 1 aromatic heterocycles. The Kier molecular flexibility index (Phi) is 9.52. The number of halogens is 2. The standard InChI is InChI=1S/C28H33BrFN5O3/c29-21-16-19(25-20(17-21)10-15-38-25)6-7-22-23(4-3-5-24(22)30)27(37)34-28(32)33-11-1-2-12-35-13-8-18(9-14-35)26(31)36/h3-5,10,15-18H,1-2,6-9,11-14H2,(H2,31,36)(H3,32,33,34,37). The van der Waals surface area contributed by atoms with E-state index in [1.165, 1.54) is 12.1 Å². The zero-order chi connectivity index (χ0) is 27.1. The predicted octanol–water partition coefficient (Wildman–Crippen LogP) is 4.35. The third-order valence-corrected chi connectivity index (χ3v) is 7.49. The molecule has 4 rings (SSSR count). The van der Waals surface area contributed by atoms with E-state index in [-0.39, 0.29) is 23.3 Å². The van der Waals surface area contributed by atoms with Crippen LogP contribution in [0, 0.1) is 17.1 Å². The van der Waals surface area contributed by atoms with Gasteiger partial charge in [0.2, 0.25) is 5.91 Å². The van der Waals surface area contributed by atoms with Crippen LogP contribution in [0.5, 0.6) is 0 Å². The Hall–Kier alpha value is -3.24. The van der Waals surface area contributed by atoms with Crippen LogP contribution in [0.3, 0.4) is 0 Å². The average molecular weight is 587 g/mol. The van der Waals surface area contributed by atoms with Gasteiger partial charge in [0.15, 0.2) is 5.96 Å². The number of carbonyl (C=O) groups is 2. The molecule has 0 aliphatic carbocycles. The molecule has 0 unspecified atom stereocenters. The Morgan fingerprint density at radius 3 is 2.71 bits per heavy atom. The highest BCUT2D eigenvalue weighted by molar-refractivity contribution is 9.10. The first kappa shape index (κ1) is 27.8. The number of guanidine groups is 1. The summed E-state index contributed by atoms with van der Waals surface area (Å²) in [6.45, 7) is 3.20. The minimum absolute atomic E-state index is 0.0110. The molecular formula is C28H33BrFN5O3. The molecule has 3 aromatic rings. The van der Waals surface area contributed by atoms with Crippen LogP contribution in [0.4, 0.5) is 4.39 Å². The zero-order valence-corrected chi connectivity index (χ0v) is 22.8. The third-order valence-electron chi connectivity index (χ3n) is 7.03. The number of benzene rings is 2. The number of aryl methyl sites for hydroxylation is 1. The third kappa shape index (κ3) is 7.20. The van der Waals surface area contributed by atoms with Crippen LogP contribution in [0.1, 0.15) is 47.2 Å². The quantitative estimate of drug-likeness (QED) is 0.160. The molecule has 1 aliphatic heterocycles. The lowest BCUT2D eigenvalue weighted by atomic mass is 9.96. The largest absolute Gasteiger partial charge is 0.464 e. The molecule has 1 aliphatic rings. The first-order valence-corrected chi connectivity index (χ1v) is 13.7. The van der Waals surface area contributed by atoms with Crippen molar-refractivity contribution in [1.82, 2.24) is 15.5 Å². The summed E-state index contributed by atoms with van der Waals surface area (Å²) in [5.74, 6) is -1.31. The first-order chi connectivity index (χ1) is 18.3. The van der Waals surface area contributed by atoms with Crippen molar-refractivity contribution in [1.29, 1.82) is 5.41 Å². The number of nitrogens with two attached hydrogens (primary N) is 1. The van der Waals surface area contributed by atoms with E-state index in [0.717, 1.165) is 66.3 Å². The molecule has 1 fully saturated rings. The number of furan rings is 1. The molecule has 1 saturated heterocycles. The molecule has 0 atom stereocenters. The minimum atomic E-state index is -0.522. The van der Waals surface area contributed by atoms with Gasteiger partial charge in [-0.1, -0.05) is 22.0 Å². The van der Waals surface area contributed by atoms with Gasteiger partial charge in [0.1, 0.15) is 11.4 Å². The van der Waals surface area contributed by atoms with Crippen LogP contribution in [0.15, 0.2) is 51.6 Å². The maximum Gasteiger partial charge on any atom is 0.258 e. The number of hydrogen-bond donors (Lipinski definition) is 4. The average Bonchev–Trinajstić information content (AvgIpc) is 3.36. The van der Waals surface area contributed by atoms with Crippen molar-refractivity contribution in [3.05, 3.63) is 69.6 Å². The fourth-order valence-electron chi connectivity index (χ4n) is 4.93. The highest BCUT2D eigenvalue weighted by atomic mass is 79.9. The maximum absolute atomic E-state index is 14.8. The zero-order valence-electron chi connectivity index (χ0n) is 21.2. The summed E-state index contributed by atoms with van der Waals surface area (Å²) in [5.41, 5.74) is 7.56. The number of primary amides is 1. The fraction of sp³-hybridized carbons (Fsp3) is 0.393. The molecule has 0 spiro atoms. The summed E-state index contributed by atoms with van der Waals surface area (Å²) in [5, 5.41) is 14.5. The number of rotatable bonds is 10. The lowest BCUT2D eigenvalue weighted by molar-refractivity contribution is -0.123. The summed E-state index contributed by atoms with van der Waals surface area (Å²) in [4.78, 5) is 26.5. The number of unbranched alkanes of at least 4 members (excludes halogenated alkanes) is 1. The van der Waals surface area contributed by atoms with Crippen LogP contribution in [0.25, 0.3) is 11.0 Å². The van der Waals surface area contributed by atoms with Crippen molar-refractivity contribution >= 4 is 44.7 Å². The van der Waals surface area contributed by atoms with Crippen LogP contribution >= 0.6 is 15.9 Å². The molecule has 8 nitrogen and oxygen atoms in total. The fourth-order valence-corrected chi connectivity index (χ4v) is 5.45. The molecule has 5 N–H and O–H groups in total. The number of hydrogen-bond acceptors (Lipinski definition) is 5. The second-order valence-corrected chi connectivity index (χ2v) is 10.6. The molecule has 0 saturated carbocycles. The Bertz CT molecular complexity index is 1300. The van der Waals surface area contributed by atoms with Crippen molar-refractivity contribution in [2.24, 2.45) is 11.7 Å². The van der Waals surface area contributed by atoms with Gasteiger partial charge in [0.25, 0.3) is 5.91 Å². The van der Waals surface area contributed by atoms with Crippen LogP contribution in [-0.2, 0) is 17.6 Å². The molecule has 0 bridgehead atoms. The highest BCUT2D eigenvalue weighted by Gasteiger charge is 2.22. The van der Waals surface area contributed by atoms with Gasteiger partial charge in [-0.2, -0.15) is 0 Å². The van der Waals surface area contributed by atoms with Gasteiger partial charge in [0.05, 0.1) is 6.26 Å². The maximum atomic E-state index is 14.8. The number of amides is 2. The molecular weight excluding hydrogens is 553 g/mol. The summed E-state index contributed by atoms with van der Waals surface area (Å²) in [7, 11) is 0. The van der Waals surface area contributed by atoms with Gasteiger partial charge in [-0.15, -0.1) is 0 Å². The lowest BCUT2D eigenvalue weighted by Crippen LogP contribution is -2.41. The van der Waals surface area contributed by atoms with E-state index in [1.54, 1.807) is 12.3 Å². The molecule has 2 aromatic carbocycles. The number of nitrogens with zero attached hydrogens (tertiary/aromatic N) is 1. The van der Waals surface area contributed by atoms with Crippen molar-refractivity contribution < 1.29 is 18.4 Å². The van der Waals surface area contributed by atoms with E-state index >= 15 is 0 Å². The Morgan fingerprint density at radius 1 is 1.16 bits per heavy atom. The van der Waals surface area contributed by atoms with Crippen LogP contribution in [-0.4, -0.2) is 48.9 Å². The summed E-state index contributed by atoms with van der Waals surface area (Å²) >= 11 is 3.50. The Balaban J connectivity index is 1.24. The molecule has 2 amide bonds. The predicted molar refractivity (Wildman–Crippen MR) is 149 cm³/mol. The summed E-state index contributed by atoms with van der Waals surface area (Å²) in [6, 6.07) is 10.2. The SMILES string of the molecule is N=C(NCCCCN1CCC(C(N)=O)CC1)NC(=O)c1cccc(F)c1CCc1cc(Br)cc2ccoc12. The number of likely N-dealkylation sites (tertiary alicyclic amines) is 1. The normalized spacial score (nSPS) is 14.5. The smallest absolute Gasteiger partial charge is 0.258 e. The summed E-state index contributed by atoms with van der Waals surface area (Å²) in [6.07, 6.45) is 5.79. The van der Waals surface area contributed by atoms with Gasteiger partial charge in [-0.05, 0) is 94.1 Å². The van der Waals surface area contributed by atoms with E-state index in [4.69, 9.17) is 15.6 Å². The molecule has 10 heteroatoms. The van der Waals surface area contributed by atoms with Crippen molar-refractivity contribution in [3.8, 4) is 0 Å². The van der Waals surface area contributed by atoms with Crippen molar-refractivity contribution in [2.75, 3.05) is 26.2 Å². The van der Waals surface area contributed by atoms with Gasteiger partial charge < -0.3 is 20.4 Å². The van der Waals surface area contributed by atoms with Gasteiger partial charge >= 0.3 is 0 Å². The van der Waals surface area contributed by atoms with E-state index in [0.29, 0.717) is 24.9 Å². The molecule has 2 heterocycles. The van der Waals surface area contributed by atoms with E-state index < -0.39 is 11.7 Å². The number of fused-ring (bicyclic) bond motifs is 1. The second-order valence-electron chi connectivity index (χ2n) is 9.65. The molecule has 38 heavy (non-hydrogen) atoms. The Labute approximate surface area is 229 Å². The van der Waals surface area contributed by atoms with E-state index in [2.05, 4.69) is 31.5 Å². The number of piperidine rings is 1. The summed E-state index contributed by atoms with van der Waals surface area (Å²) < 4.78 is 21.3. The van der Waals surface area contributed by atoms with Gasteiger partial charge in [-0.25, -0.2) is 4.39 Å². The van der Waals surface area contributed by atoms with Crippen LogP contribution < -0.4 is 16.4 Å². The van der Waals surface area contributed by atoms with Crippen LogP contribution in [0.2, 0.25) is 0 Å². The topological polar surface area (TPSA) is 124 Å². The molecule has 0 radical (unpaired) electrons. The van der Waals surface area contributed by atoms with Gasteiger partial charge in [0, 0.05) is 33.4 Å². The second kappa shape index (κ2) is 13.0.